The molecule has 1 fully saturated rings. The molecule has 6 heteroatoms. The van der Waals surface area contributed by atoms with E-state index in [0.29, 0.717) is 12.5 Å². The molecule has 0 unspecified atom stereocenters. The van der Waals surface area contributed by atoms with E-state index in [1.807, 2.05) is 53.3 Å². The highest BCUT2D eigenvalue weighted by atomic mass is 16.2. The number of pyridine rings is 1. The summed E-state index contributed by atoms with van der Waals surface area (Å²) in [5.74, 6) is 0.154. The van der Waals surface area contributed by atoms with Crippen LogP contribution in [0.25, 0.3) is 5.65 Å². The maximum atomic E-state index is 12.7. The largest absolute Gasteiger partial charge is 0.340 e. The molecule has 1 saturated heterocycles. The zero-order valence-electron chi connectivity index (χ0n) is 13.8. The number of carbonyl (C=O) groups excluding carboxylic acids is 1. The van der Waals surface area contributed by atoms with Crippen molar-refractivity contribution in [2.24, 2.45) is 0 Å². The first-order valence-corrected chi connectivity index (χ1v) is 8.39. The number of rotatable bonds is 3. The quantitative estimate of drug-likeness (QED) is 0.743. The molecule has 4 rings (SSSR count). The Kier molecular flexibility index (Phi) is 3.80. The molecule has 1 aliphatic rings. The fourth-order valence-electron chi connectivity index (χ4n) is 3.47. The van der Waals surface area contributed by atoms with Crippen LogP contribution in [0, 0.1) is 6.92 Å². The van der Waals surface area contributed by atoms with Crippen molar-refractivity contribution < 1.29 is 4.79 Å². The highest BCUT2D eigenvalue weighted by molar-refractivity contribution is 5.78. The van der Waals surface area contributed by atoms with E-state index < -0.39 is 0 Å². The summed E-state index contributed by atoms with van der Waals surface area (Å²) >= 11 is 0. The highest BCUT2D eigenvalue weighted by Crippen LogP contribution is 2.22. The van der Waals surface area contributed by atoms with Gasteiger partial charge in [-0.25, -0.2) is 9.97 Å². The number of likely N-dealkylation sites (tertiary alicyclic amines) is 1. The summed E-state index contributed by atoms with van der Waals surface area (Å²) in [4.78, 5) is 23.4. The molecular weight excluding hydrogens is 302 g/mol. The molecule has 3 aromatic rings. The van der Waals surface area contributed by atoms with E-state index in [-0.39, 0.29) is 5.91 Å². The second kappa shape index (κ2) is 6.11. The second-order valence-electron chi connectivity index (χ2n) is 6.48. The molecule has 0 bridgehead atoms. The molecule has 0 saturated carbocycles. The van der Waals surface area contributed by atoms with Gasteiger partial charge in [-0.05, 0) is 31.4 Å². The fraction of sp³-hybridized carbons (Fsp3) is 0.389. The molecule has 124 valence electrons. The second-order valence-corrected chi connectivity index (χ2v) is 6.48. The molecule has 1 aliphatic heterocycles. The van der Waals surface area contributed by atoms with Gasteiger partial charge in [0.25, 0.3) is 0 Å². The number of amides is 1. The number of hydrogen-bond donors (Lipinski definition) is 0. The van der Waals surface area contributed by atoms with Gasteiger partial charge in [0.15, 0.2) is 0 Å². The van der Waals surface area contributed by atoms with Gasteiger partial charge >= 0.3 is 0 Å². The van der Waals surface area contributed by atoms with Crippen molar-refractivity contribution >= 4 is 11.6 Å². The Bertz CT molecular complexity index is 852. The smallest absolute Gasteiger partial charge is 0.228 e. The van der Waals surface area contributed by atoms with Crippen LogP contribution in [0.1, 0.15) is 30.1 Å². The van der Waals surface area contributed by atoms with E-state index >= 15 is 0 Å². The molecule has 0 aliphatic carbocycles. The lowest BCUT2D eigenvalue weighted by molar-refractivity contribution is -0.132. The van der Waals surface area contributed by atoms with Crippen molar-refractivity contribution in [1.29, 1.82) is 0 Å². The summed E-state index contributed by atoms with van der Waals surface area (Å²) in [6.07, 6.45) is 12.0. The Morgan fingerprint density at radius 2 is 2.29 bits per heavy atom. The van der Waals surface area contributed by atoms with E-state index in [2.05, 4.69) is 14.5 Å². The zero-order chi connectivity index (χ0) is 16.5. The first kappa shape index (κ1) is 14.9. The topological polar surface area (TPSA) is 55.4 Å². The predicted molar refractivity (Wildman–Crippen MR) is 90.7 cm³/mol. The standard InChI is InChI=1S/C18H21N5O/c1-14-4-2-8-22-11-15(20-18(14)22)10-17(24)21-7-3-5-16(12-21)23-9-6-19-13-23/h2,4,6,8-9,11,13,16H,3,5,7,10,12H2,1H3/t16-/m0/s1. The molecule has 6 nitrogen and oxygen atoms in total. The number of piperidine rings is 1. The van der Waals surface area contributed by atoms with Crippen molar-refractivity contribution in [3.8, 4) is 0 Å². The van der Waals surface area contributed by atoms with Crippen molar-refractivity contribution in [2.45, 2.75) is 32.2 Å². The van der Waals surface area contributed by atoms with Crippen molar-refractivity contribution in [3.63, 3.8) is 0 Å². The number of fused-ring (bicyclic) bond motifs is 1. The lowest BCUT2D eigenvalue weighted by atomic mass is 10.1. The molecule has 0 radical (unpaired) electrons. The van der Waals surface area contributed by atoms with Crippen LogP contribution in [-0.4, -0.2) is 42.8 Å². The Hall–Kier alpha value is -2.63. The first-order chi connectivity index (χ1) is 11.7. The average molecular weight is 323 g/mol. The van der Waals surface area contributed by atoms with Crippen LogP contribution in [-0.2, 0) is 11.2 Å². The van der Waals surface area contributed by atoms with Crippen LogP contribution >= 0.6 is 0 Å². The third kappa shape index (κ3) is 2.79. The highest BCUT2D eigenvalue weighted by Gasteiger charge is 2.25. The van der Waals surface area contributed by atoms with Crippen LogP contribution in [0.4, 0.5) is 0 Å². The summed E-state index contributed by atoms with van der Waals surface area (Å²) in [7, 11) is 0. The average Bonchev–Trinajstić information content (AvgIpc) is 3.25. The summed E-state index contributed by atoms with van der Waals surface area (Å²) in [5, 5.41) is 0. The van der Waals surface area contributed by atoms with Gasteiger partial charge in [0.1, 0.15) is 5.65 Å². The molecule has 3 aromatic heterocycles. The molecule has 0 spiro atoms. The molecule has 0 aromatic carbocycles. The summed E-state index contributed by atoms with van der Waals surface area (Å²) < 4.78 is 4.09. The zero-order valence-corrected chi connectivity index (χ0v) is 13.8. The lowest BCUT2D eigenvalue weighted by Crippen LogP contribution is -2.41. The third-order valence-corrected chi connectivity index (χ3v) is 4.76. The summed E-state index contributed by atoms with van der Waals surface area (Å²) in [6.45, 7) is 3.62. The van der Waals surface area contributed by atoms with Crippen LogP contribution in [0.2, 0.25) is 0 Å². The van der Waals surface area contributed by atoms with Gasteiger partial charge < -0.3 is 13.9 Å². The van der Waals surface area contributed by atoms with Gasteiger partial charge in [0.2, 0.25) is 5.91 Å². The summed E-state index contributed by atoms with van der Waals surface area (Å²) in [6, 6.07) is 4.36. The first-order valence-electron chi connectivity index (χ1n) is 8.39. The monoisotopic (exact) mass is 323 g/mol. The van der Waals surface area contributed by atoms with Gasteiger partial charge in [0, 0.05) is 37.9 Å². The van der Waals surface area contributed by atoms with Crippen LogP contribution in [0.5, 0.6) is 0 Å². The minimum Gasteiger partial charge on any atom is -0.340 e. The van der Waals surface area contributed by atoms with Gasteiger partial charge in [-0.1, -0.05) is 6.07 Å². The van der Waals surface area contributed by atoms with E-state index in [9.17, 15) is 4.79 Å². The van der Waals surface area contributed by atoms with E-state index in [1.54, 1.807) is 6.20 Å². The van der Waals surface area contributed by atoms with Gasteiger partial charge in [-0.3, -0.25) is 4.79 Å². The van der Waals surface area contributed by atoms with Crippen molar-refractivity contribution in [2.75, 3.05) is 13.1 Å². The normalized spacial score (nSPS) is 18.2. The van der Waals surface area contributed by atoms with E-state index in [1.165, 1.54) is 0 Å². The maximum Gasteiger partial charge on any atom is 0.228 e. The molecule has 1 amide bonds. The Labute approximate surface area is 140 Å². The van der Waals surface area contributed by atoms with Crippen molar-refractivity contribution in [1.82, 2.24) is 23.8 Å². The van der Waals surface area contributed by atoms with Crippen LogP contribution in [0.15, 0.2) is 43.2 Å². The van der Waals surface area contributed by atoms with E-state index in [4.69, 9.17) is 0 Å². The molecule has 24 heavy (non-hydrogen) atoms. The third-order valence-electron chi connectivity index (χ3n) is 4.76. The number of hydrogen-bond acceptors (Lipinski definition) is 3. The molecule has 4 heterocycles. The lowest BCUT2D eigenvalue weighted by Gasteiger charge is -2.33. The Morgan fingerprint density at radius 3 is 3.08 bits per heavy atom. The van der Waals surface area contributed by atoms with Gasteiger partial charge in [-0.15, -0.1) is 0 Å². The molecule has 1 atom stereocenters. The summed E-state index contributed by atoms with van der Waals surface area (Å²) in [5.41, 5.74) is 2.88. The Morgan fingerprint density at radius 1 is 1.38 bits per heavy atom. The van der Waals surface area contributed by atoms with Crippen LogP contribution < -0.4 is 0 Å². The van der Waals surface area contributed by atoms with Gasteiger partial charge in [-0.2, -0.15) is 0 Å². The van der Waals surface area contributed by atoms with E-state index in [0.717, 1.165) is 42.8 Å². The van der Waals surface area contributed by atoms with Crippen LogP contribution in [0.3, 0.4) is 0 Å². The number of aryl methyl sites for hydroxylation is 1. The predicted octanol–water partition coefficient (Wildman–Crippen LogP) is 2.25. The SMILES string of the molecule is Cc1cccn2cc(CC(=O)N3CCC[C@H](n4ccnc4)C3)nc12. The number of aromatic nitrogens is 4. The van der Waals surface area contributed by atoms with Gasteiger partial charge in [0.05, 0.1) is 24.5 Å². The maximum absolute atomic E-state index is 12.7. The Balaban J connectivity index is 1.47. The molecular formula is C18H21N5O. The number of imidazole rings is 2. The fourth-order valence-corrected chi connectivity index (χ4v) is 3.47. The number of carbonyl (C=O) groups is 1. The number of nitrogens with zero attached hydrogens (tertiary/aromatic N) is 5. The minimum absolute atomic E-state index is 0.154. The minimum atomic E-state index is 0.154. The molecule has 0 N–H and O–H groups in total. The van der Waals surface area contributed by atoms with Crippen molar-refractivity contribution in [3.05, 3.63) is 54.5 Å².